The Labute approximate surface area is 339 Å². The van der Waals surface area contributed by atoms with Crippen molar-refractivity contribution in [3.8, 4) is 28.2 Å². The van der Waals surface area contributed by atoms with E-state index in [1.807, 2.05) is 0 Å². The molecule has 0 aliphatic heterocycles. The molecule has 3 heterocycles. The minimum absolute atomic E-state index is 0.471. The summed E-state index contributed by atoms with van der Waals surface area (Å²) in [5.41, 5.74) is 15.6. The molecular weight excluding hydrogens is 717 g/mol. The Hall–Kier alpha value is -7.82. The lowest BCUT2D eigenvalue weighted by Gasteiger charge is -2.34. The highest BCUT2D eigenvalue weighted by Crippen LogP contribution is 2.56. The second kappa shape index (κ2) is 12.1. The Morgan fingerprint density at radius 1 is 0.390 bits per heavy atom. The predicted molar refractivity (Wildman–Crippen MR) is 243 cm³/mol. The van der Waals surface area contributed by atoms with E-state index in [2.05, 4.69) is 215 Å². The van der Waals surface area contributed by atoms with Crippen LogP contribution in [0.3, 0.4) is 0 Å². The molecule has 0 spiro atoms. The smallest absolute Gasteiger partial charge is 0.221 e. The lowest BCUT2D eigenvalue weighted by molar-refractivity contribution is 0.769. The second-order valence-corrected chi connectivity index (χ2v) is 15.7. The maximum Gasteiger partial charge on any atom is 0.221 e. The van der Waals surface area contributed by atoms with Crippen LogP contribution in [0.5, 0.6) is 0 Å². The topological polar surface area (TPSA) is 35.1 Å². The Balaban J connectivity index is 1.11. The zero-order valence-electron chi connectivity index (χ0n) is 31.9. The first-order valence-electron chi connectivity index (χ1n) is 20.3. The van der Waals surface area contributed by atoms with Crippen LogP contribution in [-0.4, -0.2) is 18.9 Å². The lowest BCUT2D eigenvalue weighted by Crippen LogP contribution is -2.28. The highest BCUT2D eigenvalue weighted by atomic mass is 15.2. The summed E-state index contributed by atoms with van der Waals surface area (Å²) in [4.78, 5) is 10.6. The van der Waals surface area contributed by atoms with E-state index in [1.54, 1.807) is 0 Å². The van der Waals surface area contributed by atoms with Gasteiger partial charge in [0.05, 0.1) is 33.0 Å². The minimum atomic E-state index is -0.471. The Bertz CT molecular complexity index is 3630. The lowest BCUT2D eigenvalue weighted by atomic mass is 9.67. The van der Waals surface area contributed by atoms with Gasteiger partial charge in [0, 0.05) is 16.2 Å². The van der Waals surface area contributed by atoms with E-state index in [-0.39, 0.29) is 0 Å². The van der Waals surface area contributed by atoms with E-state index in [4.69, 9.17) is 9.97 Å². The van der Waals surface area contributed by atoms with Crippen molar-refractivity contribution in [1.82, 2.24) is 18.9 Å². The SMILES string of the molecule is c1ccc(C2(c3ccccc3)c3ccccc3-c3ccc(-c4ccc5c(c4)c4c6ccccc6ccc4n5-c4nc5ccccc5c5nc6ccccc6n45)cc32)cc1. The Morgan fingerprint density at radius 3 is 1.85 bits per heavy atom. The highest BCUT2D eigenvalue weighted by molar-refractivity contribution is 6.22. The van der Waals surface area contributed by atoms with E-state index in [0.29, 0.717) is 0 Å². The minimum Gasteiger partial charge on any atom is -0.279 e. The van der Waals surface area contributed by atoms with Gasteiger partial charge in [-0.3, -0.25) is 8.97 Å². The van der Waals surface area contributed by atoms with Crippen LogP contribution in [0, 0.1) is 0 Å². The molecule has 0 unspecified atom stereocenters. The normalized spacial score (nSPS) is 13.2. The molecule has 9 aromatic carbocycles. The average Bonchev–Trinajstić information content (AvgIpc) is 3.96. The van der Waals surface area contributed by atoms with E-state index in [0.717, 1.165) is 44.6 Å². The first kappa shape index (κ1) is 32.3. The summed E-state index contributed by atoms with van der Waals surface area (Å²) in [7, 11) is 0. The number of imidazole rings is 1. The van der Waals surface area contributed by atoms with Gasteiger partial charge in [0.25, 0.3) is 0 Å². The predicted octanol–water partition coefficient (Wildman–Crippen LogP) is 13.3. The van der Waals surface area contributed by atoms with Gasteiger partial charge < -0.3 is 0 Å². The molecule has 0 bridgehead atoms. The first-order valence-corrected chi connectivity index (χ1v) is 20.3. The van der Waals surface area contributed by atoms with Gasteiger partial charge in [-0.05, 0) is 104 Å². The quantitative estimate of drug-likeness (QED) is 0.180. The van der Waals surface area contributed by atoms with Gasteiger partial charge in [0.15, 0.2) is 0 Å². The second-order valence-electron chi connectivity index (χ2n) is 15.7. The molecule has 12 aromatic rings. The molecule has 0 fully saturated rings. The van der Waals surface area contributed by atoms with Gasteiger partial charge in [0.2, 0.25) is 5.95 Å². The number of nitrogens with zero attached hydrogens (tertiary/aromatic N) is 4. The molecular formula is C55H34N4. The summed E-state index contributed by atoms with van der Waals surface area (Å²) in [6.45, 7) is 0. The van der Waals surface area contributed by atoms with Gasteiger partial charge in [-0.15, -0.1) is 0 Å². The van der Waals surface area contributed by atoms with Gasteiger partial charge >= 0.3 is 0 Å². The molecule has 0 saturated carbocycles. The van der Waals surface area contributed by atoms with E-state index < -0.39 is 5.41 Å². The van der Waals surface area contributed by atoms with E-state index in [1.165, 1.54) is 66.1 Å². The number of hydrogen-bond donors (Lipinski definition) is 0. The van der Waals surface area contributed by atoms with Crippen molar-refractivity contribution in [3.63, 3.8) is 0 Å². The standard InChI is InChI=1S/C55H34N4/c1-3-16-38(17-4-1)55(39-18-5-2-6-19-39)45-23-11-9-21-41(45)42-30-27-37(34-46(42)55)36-29-31-49-44(33-36)52-40-20-8-7-15-35(40)28-32-51(52)58(49)54-57-47-24-12-10-22-43(47)53-56-48-25-13-14-26-50(48)59(53)54/h1-34H. The number of fused-ring (bicyclic) bond motifs is 13. The summed E-state index contributed by atoms with van der Waals surface area (Å²) < 4.78 is 4.59. The fraction of sp³-hybridized carbons (Fsp3) is 0.0182. The van der Waals surface area contributed by atoms with E-state index >= 15 is 0 Å². The number of para-hydroxylation sites is 3. The van der Waals surface area contributed by atoms with Crippen molar-refractivity contribution in [3.05, 3.63) is 229 Å². The third kappa shape index (κ3) is 4.37. The fourth-order valence-corrected chi connectivity index (χ4v) is 10.3. The third-order valence-corrected chi connectivity index (χ3v) is 12.8. The molecule has 1 aliphatic rings. The van der Waals surface area contributed by atoms with Crippen molar-refractivity contribution in [2.75, 3.05) is 0 Å². The van der Waals surface area contributed by atoms with Crippen molar-refractivity contribution in [2.24, 2.45) is 0 Å². The summed E-state index contributed by atoms with van der Waals surface area (Å²) in [6.07, 6.45) is 0. The number of benzene rings is 9. The fourth-order valence-electron chi connectivity index (χ4n) is 10.3. The van der Waals surface area contributed by atoms with Crippen LogP contribution in [0.15, 0.2) is 206 Å². The first-order chi connectivity index (χ1) is 29.3. The molecule has 3 aromatic heterocycles. The number of hydrogen-bond acceptors (Lipinski definition) is 2. The molecule has 0 saturated heterocycles. The molecule has 13 rings (SSSR count). The van der Waals surface area contributed by atoms with Crippen LogP contribution in [0.2, 0.25) is 0 Å². The van der Waals surface area contributed by atoms with Gasteiger partial charge in [-0.2, -0.15) is 0 Å². The summed E-state index contributed by atoms with van der Waals surface area (Å²) in [5, 5.41) is 5.85. The largest absolute Gasteiger partial charge is 0.279 e. The molecule has 0 N–H and O–H groups in total. The van der Waals surface area contributed by atoms with Crippen molar-refractivity contribution in [1.29, 1.82) is 0 Å². The molecule has 1 aliphatic carbocycles. The zero-order valence-corrected chi connectivity index (χ0v) is 31.9. The summed E-state index contributed by atoms with van der Waals surface area (Å²) in [5.74, 6) is 0.821. The molecule has 274 valence electrons. The third-order valence-electron chi connectivity index (χ3n) is 12.8. The van der Waals surface area contributed by atoms with Crippen LogP contribution in [0.25, 0.3) is 88.4 Å². The van der Waals surface area contributed by atoms with Gasteiger partial charge in [0.1, 0.15) is 5.65 Å². The Kier molecular flexibility index (Phi) is 6.62. The van der Waals surface area contributed by atoms with Crippen LogP contribution in [-0.2, 0) is 5.41 Å². The molecule has 0 amide bonds. The molecule has 4 heteroatoms. The van der Waals surface area contributed by atoms with Crippen LogP contribution in [0.1, 0.15) is 22.3 Å². The number of rotatable bonds is 4. The van der Waals surface area contributed by atoms with Crippen LogP contribution < -0.4 is 0 Å². The Morgan fingerprint density at radius 2 is 1.02 bits per heavy atom. The van der Waals surface area contributed by atoms with Crippen molar-refractivity contribution < 1.29 is 0 Å². The van der Waals surface area contributed by atoms with Crippen molar-refractivity contribution in [2.45, 2.75) is 5.41 Å². The van der Waals surface area contributed by atoms with Crippen LogP contribution in [0.4, 0.5) is 0 Å². The maximum absolute atomic E-state index is 5.45. The monoisotopic (exact) mass is 750 g/mol. The number of aromatic nitrogens is 4. The van der Waals surface area contributed by atoms with Crippen molar-refractivity contribution >= 4 is 60.2 Å². The van der Waals surface area contributed by atoms with Gasteiger partial charge in [-0.25, -0.2) is 9.97 Å². The van der Waals surface area contributed by atoms with E-state index in [9.17, 15) is 0 Å². The molecule has 59 heavy (non-hydrogen) atoms. The van der Waals surface area contributed by atoms with Gasteiger partial charge in [-0.1, -0.05) is 158 Å². The average molecular weight is 751 g/mol. The highest BCUT2D eigenvalue weighted by Gasteiger charge is 2.46. The zero-order chi connectivity index (χ0) is 38.7. The molecule has 4 nitrogen and oxygen atoms in total. The van der Waals surface area contributed by atoms with Crippen LogP contribution >= 0.6 is 0 Å². The summed E-state index contributed by atoms with van der Waals surface area (Å²) >= 11 is 0. The maximum atomic E-state index is 5.45. The summed E-state index contributed by atoms with van der Waals surface area (Å²) in [6, 6.07) is 75.1. The molecule has 0 radical (unpaired) electrons. The molecule has 0 atom stereocenters.